The maximum Gasteiger partial charge on any atom is 0.238 e. The SMILES string of the molecule is CCC1CCCN(CC(=O)Nc2cc(Cl)ccc2N)C1. The van der Waals surface area contributed by atoms with E-state index in [1.165, 1.54) is 19.3 Å². The third kappa shape index (κ3) is 4.12. The number of piperidine rings is 1. The highest BCUT2D eigenvalue weighted by molar-refractivity contribution is 6.31. The highest BCUT2D eigenvalue weighted by Crippen LogP contribution is 2.23. The third-order valence-electron chi connectivity index (χ3n) is 3.84. The fourth-order valence-electron chi connectivity index (χ4n) is 2.66. The Morgan fingerprint density at radius 3 is 3.10 bits per heavy atom. The maximum atomic E-state index is 12.1. The van der Waals surface area contributed by atoms with Crippen molar-refractivity contribution in [2.45, 2.75) is 26.2 Å². The zero-order valence-electron chi connectivity index (χ0n) is 11.9. The third-order valence-corrected chi connectivity index (χ3v) is 4.07. The van der Waals surface area contributed by atoms with E-state index < -0.39 is 0 Å². The molecule has 1 fully saturated rings. The first-order valence-corrected chi connectivity index (χ1v) is 7.53. The van der Waals surface area contributed by atoms with Crippen molar-refractivity contribution < 1.29 is 4.79 Å². The molecule has 4 nitrogen and oxygen atoms in total. The summed E-state index contributed by atoms with van der Waals surface area (Å²) < 4.78 is 0. The quantitative estimate of drug-likeness (QED) is 0.840. The van der Waals surface area contributed by atoms with Crippen LogP contribution in [0, 0.1) is 5.92 Å². The van der Waals surface area contributed by atoms with Crippen LogP contribution in [-0.4, -0.2) is 30.4 Å². The number of hydrogen-bond donors (Lipinski definition) is 2. The number of halogens is 1. The zero-order valence-corrected chi connectivity index (χ0v) is 12.6. The molecule has 0 radical (unpaired) electrons. The van der Waals surface area contributed by atoms with Gasteiger partial charge < -0.3 is 11.1 Å². The zero-order chi connectivity index (χ0) is 14.5. The first-order chi connectivity index (χ1) is 9.58. The van der Waals surface area contributed by atoms with Crippen LogP contribution in [0.5, 0.6) is 0 Å². The minimum Gasteiger partial charge on any atom is -0.397 e. The van der Waals surface area contributed by atoms with Gasteiger partial charge in [0.15, 0.2) is 0 Å². The number of likely N-dealkylation sites (tertiary alicyclic amines) is 1. The number of nitrogens with one attached hydrogen (secondary N) is 1. The normalized spacial score (nSPS) is 19.8. The van der Waals surface area contributed by atoms with E-state index in [4.69, 9.17) is 17.3 Å². The molecule has 1 aliphatic rings. The molecule has 5 heteroatoms. The van der Waals surface area contributed by atoms with Crippen LogP contribution in [0.3, 0.4) is 0 Å². The molecule has 3 N–H and O–H groups in total. The Kier molecular flexibility index (Phi) is 5.26. The van der Waals surface area contributed by atoms with Crippen LogP contribution in [0.25, 0.3) is 0 Å². The van der Waals surface area contributed by atoms with Crippen molar-refractivity contribution >= 4 is 28.9 Å². The number of rotatable bonds is 4. The molecule has 0 aromatic heterocycles. The van der Waals surface area contributed by atoms with Gasteiger partial charge in [-0.2, -0.15) is 0 Å². The van der Waals surface area contributed by atoms with Crippen LogP contribution in [0.2, 0.25) is 5.02 Å². The molecule has 110 valence electrons. The van der Waals surface area contributed by atoms with Crippen molar-refractivity contribution in [3.8, 4) is 0 Å². The number of carbonyl (C=O) groups is 1. The van der Waals surface area contributed by atoms with Gasteiger partial charge >= 0.3 is 0 Å². The van der Waals surface area contributed by atoms with E-state index in [0.29, 0.717) is 28.9 Å². The maximum absolute atomic E-state index is 12.1. The van der Waals surface area contributed by atoms with E-state index in [9.17, 15) is 4.79 Å². The summed E-state index contributed by atoms with van der Waals surface area (Å²) in [5.74, 6) is 0.684. The second-order valence-corrected chi connectivity index (χ2v) is 5.87. The molecule has 1 aromatic carbocycles. The summed E-state index contributed by atoms with van der Waals surface area (Å²) in [6.07, 6.45) is 3.63. The molecule has 0 spiro atoms. The average Bonchev–Trinajstić information content (AvgIpc) is 2.43. The Morgan fingerprint density at radius 2 is 2.35 bits per heavy atom. The summed E-state index contributed by atoms with van der Waals surface area (Å²) in [6.45, 7) is 4.63. The second-order valence-electron chi connectivity index (χ2n) is 5.43. The van der Waals surface area contributed by atoms with Gasteiger partial charge in [0.05, 0.1) is 17.9 Å². The van der Waals surface area contributed by atoms with Crippen molar-refractivity contribution in [2.24, 2.45) is 5.92 Å². The summed E-state index contributed by atoms with van der Waals surface area (Å²) in [5.41, 5.74) is 6.95. The predicted molar refractivity (Wildman–Crippen MR) is 83.9 cm³/mol. The summed E-state index contributed by atoms with van der Waals surface area (Å²) in [6, 6.07) is 5.09. The van der Waals surface area contributed by atoms with Crippen molar-refractivity contribution in [1.82, 2.24) is 4.90 Å². The highest BCUT2D eigenvalue weighted by atomic mass is 35.5. The Bertz CT molecular complexity index is 478. The Labute approximate surface area is 125 Å². The molecule has 0 bridgehead atoms. The summed E-state index contributed by atoms with van der Waals surface area (Å²) in [5, 5.41) is 3.41. The minimum atomic E-state index is -0.0317. The van der Waals surface area contributed by atoms with Crippen molar-refractivity contribution in [2.75, 3.05) is 30.7 Å². The summed E-state index contributed by atoms with van der Waals surface area (Å²) >= 11 is 5.91. The van der Waals surface area contributed by atoms with E-state index in [1.807, 2.05) is 0 Å². The predicted octanol–water partition coefficient (Wildman–Crippen LogP) is 2.98. The fraction of sp³-hybridized carbons (Fsp3) is 0.533. The smallest absolute Gasteiger partial charge is 0.238 e. The minimum absolute atomic E-state index is 0.0317. The first-order valence-electron chi connectivity index (χ1n) is 7.15. The van der Waals surface area contributed by atoms with Crippen molar-refractivity contribution in [1.29, 1.82) is 0 Å². The fourth-order valence-corrected chi connectivity index (χ4v) is 2.83. The molecule has 20 heavy (non-hydrogen) atoms. The number of benzene rings is 1. The lowest BCUT2D eigenvalue weighted by Gasteiger charge is -2.31. The van der Waals surface area contributed by atoms with Crippen molar-refractivity contribution in [3.05, 3.63) is 23.2 Å². The average molecular weight is 296 g/mol. The van der Waals surface area contributed by atoms with Gasteiger partial charge in [-0.05, 0) is 43.5 Å². The molecule has 1 amide bonds. The van der Waals surface area contributed by atoms with Gasteiger partial charge in [0.25, 0.3) is 0 Å². The van der Waals surface area contributed by atoms with Crippen molar-refractivity contribution in [3.63, 3.8) is 0 Å². The van der Waals surface area contributed by atoms with Gasteiger partial charge in [0.2, 0.25) is 5.91 Å². The van der Waals surface area contributed by atoms with Gasteiger partial charge in [-0.3, -0.25) is 9.69 Å². The summed E-state index contributed by atoms with van der Waals surface area (Å²) in [7, 11) is 0. The van der Waals surface area contributed by atoms with E-state index in [1.54, 1.807) is 18.2 Å². The van der Waals surface area contributed by atoms with Crippen LogP contribution in [-0.2, 0) is 4.79 Å². The van der Waals surface area contributed by atoms with Gasteiger partial charge in [0.1, 0.15) is 0 Å². The Morgan fingerprint density at radius 1 is 1.55 bits per heavy atom. The van der Waals surface area contributed by atoms with E-state index in [-0.39, 0.29) is 5.91 Å². The van der Waals surface area contributed by atoms with Crippen LogP contribution < -0.4 is 11.1 Å². The molecule has 1 aromatic rings. The molecule has 1 atom stereocenters. The molecule has 1 unspecified atom stereocenters. The van der Waals surface area contributed by atoms with Gasteiger partial charge in [-0.15, -0.1) is 0 Å². The van der Waals surface area contributed by atoms with E-state index in [2.05, 4.69) is 17.1 Å². The van der Waals surface area contributed by atoms with E-state index in [0.717, 1.165) is 13.1 Å². The van der Waals surface area contributed by atoms with E-state index >= 15 is 0 Å². The molecular formula is C15H22ClN3O. The van der Waals surface area contributed by atoms with Crippen LogP contribution in [0.4, 0.5) is 11.4 Å². The number of nitrogen functional groups attached to an aromatic ring is 1. The largest absolute Gasteiger partial charge is 0.397 e. The first kappa shape index (κ1) is 15.1. The van der Waals surface area contributed by atoms with Gasteiger partial charge in [-0.25, -0.2) is 0 Å². The Hall–Kier alpha value is -1.26. The highest BCUT2D eigenvalue weighted by Gasteiger charge is 2.20. The number of nitrogens with zero attached hydrogens (tertiary/aromatic N) is 1. The molecule has 0 aliphatic carbocycles. The molecule has 1 saturated heterocycles. The number of carbonyl (C=O) groups excluding carboxylic acids is 1. The van der Waals surface area contributed by atoms with Crippen LogP contribution in [0.15, 0.2) is 18.2 Å². The lowest BCUT2D eigenvalue weighted by molar-refractivity contribution is -0.117. The molecule has 1 heterocycles. The number of anilines is 2. The van der Waals surface area contributed by atoms with Gasteiger partial charge in [-0.1, -0.05) is 24.9 Å². The monoisotopic (exact) mass is 295 g/mol. The molecular weight excluding hydrogens is 274 g/mol. The Balaban J connectivity index is 1.90. The number of hydrogen-bond acceptors (Lipinski definition) is 3. The standard InChI is InChI=1S/C15H22ClN3O/c1-2-11-4-3-7-19(9-11)10-15(20)18-14-8-12(16)5-6-13(14)17/h5-6,8,11H,2-4,7,9-10,17H2,1H3,(H,18,20). The topological polar surface area (TPSA) is 58.4 Å². The van der Waals surface area contributed by atoms with Gasteiger partial charge in [0, 0.05) is 11.6 Å². The second kappa shape index (κ2) is 6.95. The lowest BCUT2D eigenvalue weighted by Crippen LogP contribution is -2.40. The molecule has 1 aliphatic heterocycles. The van der Waals surface area contributed by atoms with Crippen LogP contribution in [0.1, 0.15) is 26.2 Å². The number of amides is 1. The number of nitrogens with two attached hydrogens (primary N) is 1. The molecule has 0 saturated carbocycles. The molecule has 2 rings (SSSR count). The van der Waals surface area contributed by atoms with Crippen LogP contribution >= 0.6 is 11.6 Å². The summed E-state index contributed by atoms with van der Waals surface area (Å²) in [4.78, 5) is 14.3. The lowest BCUT2D eigenvalue weighted by atomic mass is 9.96.